The molecule has 4 fully saturated rings. The van der Waals surface area contributed by atoms with Crippen LogP contribution in [0, 0.1) is 17.3 Å². The lowest BCUT2D eigenvalue weighted by Gasteiger charge is -2.51. The van der Waals surface area contributed by atoms with Crippen LogP contribution in [-0.4, -0.2) is 77.6 Å². The lowest BCUT2D eigenvalue weighted by molar-refractivity contribution is -0.142. The van der Waals surface area contributed by atoms with Gasteiger partial charge in [-0.15, -0.1) is 0 Å². The Balaban J connectivity index is 1.33. The summed E-state index contributed by atoms with van der Waals surface area (Å²) in [4.78, 5) is 33.6. The summed E-state index contributed by atoms with van der Waals surface area (Å²) in [7, 11) is 0. The van der Waals surface area contributed by atoms with Crippen molar-refractivity contribution in [2.24, 2.45) is 17.3 Å². The van der Waals surface area contributed by atoms with Gasteiger partial charge in [-0.3, -0.25) is 9.69 Å². The van der Waals surface area contributed by atoms with E-state index in [0.717, 1.165) is 57.0 Å². The minimum Gasteiger partial charge on any atom is -0.447 e. The standard InChI is InChI=1S/C32H48ClN3O3/c1-23(2)35-17-14-27(28(20-35)24-10-12-26(33)13-11-24)29(37)34-18-15-32(16-19-34,25-8-6-5-7-9-25)21-36-30(38)39-22-31(36,3)4/h10-13,23,25,27-28H,5-9,14-22H2,1-4H3/t27-,28+/m1/s1. The molecule has 0 radical (unpaired) electrons. The van der Waals surface area contributed by atoms with Gasteiger partial charge in [0.15, 0.2) is 0 Å². The smallest absolute Gasteiger partial charge is 0.410 e. The molecule has 1 aliphatic carbocycles. The number of likely N-dealkylation sites (tertiary alicyclic amines) is 2. The molecule has 6 nitrogen and oxygen atoms in total. The van der Waals surface area contributed by atoms with Crippen LogP contribution in [0.5, 0.6) is 0 Å². The van der Waals surface area contributed by atoms with Crippen LogP contribution < -0.4 is 0 Å². The molecule has 3 heterocycles. The molecule has 5 rings (SSSR count). The van der Waals surface area contributed by atoms with E-state index in [-0.39, 0.29) is 28.9 Å². The predicted molar refractivity (Wildman–Crippen MR) is 156 cm³/mol. The normalized spacial score (nSPS) is 28.1. The highest BCUT2D eigenvalue weighted by atomic mass is 35.5. The molecule has 2 amide bonds. The lowest BCUT2D eigenvalue weighted by Crippen LogP contribution is -2.56. The Morgan fingerprint density at radius 1 is 1.03 bits per heavy atom. The molecule has 39 heavy (non-hydrogen) atoms. The Kier molecular flexibility index (Phi) is 8.54. The summed E-state index contributed by atoms with van der Waals surface area (Å²) in [5.41, 5.74) is 1.00. The number of nitrogens with zero attached hydrogens (tertiary/aromatic N) is 3. The molecular weight excluding hydrogens is 510 g/mol. The molecule has 3 saturated heterocycles. The Morgan fingerprint density at radius 3 is 2.28 bits per heavy atom. The summed E-state index contributed by atoms with van der Waals surface area (Å²) in [6.07, 6.45) is 9.02. The van der Waals surface area contributed by atoms with Gasteiger partial charge in [0.05, 0.1) is 5.54 Å². The molecule has 0 bridgehead atoms. The minimum absolute atomic E-state index is 0.00384. The molecule has 1 aromatic rings. The first-order valence-electron chi connectivity index (χ1n) is 15.3. The van der Waals surface area contributed by atoms with Gasteiger partial charge in [-0.05, 0) is 95.4 Å². The van der Waals surface area contributed by atoms with E-state index in [1.54, 1.807) is 0 Å². The molecule has 3 aliphatic heterocycles. The fourth-order valence-electron chi connectivity index (χ4n) is 7.84. The van der Waals surface area contributed by atoms with Crippen LogP contribution in [-0.2, 0) is 9.53 Å². The van der Waals surface area contributed by atoms with Gasteiger partial charge in [-0.1, -0.05) is 43.0 Å². The monoisotopic (exact) mass is 557 g/mol. The Morgan fingerprint density at radius 2 is 1.69 bits per heavy atom. The van der Waals surface area contributed by atoms with Gasteiger partial charge in [0, 0.05) is 49.1 Å². The molecule has 216 valence electrons. The van der Waals surface area contributed by atoms with Crippen LogP contribution in [0.3, 0.4) is 0 Å². The highest BCUT2D eigenvalue weighted by molar-refractivity contribution is 6.30. The van der Waals surface area contributed by atoms with E-state index in [4.69, 9.17) is 16.3 Å². The number of rotatable bonds is 6. The first-order chi connectivity index (χ1) is 18.6. The van der Waals surface area contributed by atoms with Crippen molar-refractivity contribution in [1.82, 2.24) is 14.7 Å². The maximum Gasteiger partial charge on any atom is 0.410 e. The van der Waals surface area contributed by atoms with Gasteiger partial charge in [-0.2, -0.15) is 0 Å². The quantitative estimate of drug-likeness (QED) is 0.397. The first-order valence-corrected chi connectivity index (χ1v) is 15.7. The van der Waals surface area contributed by atoms with E-state index in [9.17, 15) is 9.59 Å². The Hall–Kier alpha value is -1.79. The molecule has 0 unspecified atom stereocenters. The van der Waals surface area contributed by atoms with Gasteiger partial charge < -0.3 is 14.5 Å². The van der Waals surface area contributed by atoms with Crippen LogP contribution in [0.4, 0.5) is 4.79 Å². The van der Waals surface area contributed by atoms with Gasteiger partial charge in [0.25, 0.3) is 0 Å². The molecule has 0 spiro atoms. The highest BCUT2D eigenvalue weighted by Crippen LogP contribution is 2.48. The van der Waals surface area contributed by atoms with E-state index in [2.05, 4.69) is 49.6 Å². The number of cyclic esters (lactones) is 1. The molecule has 7 heteroatoms. The third-order valence-electron chi connectivity index (χ3n) is 10.5. The Bertz CT molecular complexity index is 1010. The maximum absolute atomic E-state index is 14.2. The predicted octanol–water partition coefficient (Wildman–Crippen LogP) is 6.57. The number of piperidine rings is 2. The molecule has 1 saturated carbocycles. The van der Waals surface area contributed by atoms with Crippen molar-refractivity contribution < 1.29 is 14.3 Å². The second-order valence-corrected chi connectivity index (χ2v) is 14.1. The molecular formula is C32H48ClN3O3. The topological polar surface area (TPSA) is 53.1 Å². The summed E-state index contributed by atoms with van der Waals surface area (Å²) in [6, 6.07) is 8.59. The number of benzene rings is 1. The zero-order chi connectivity index (χ0) is 27.8. The number of carbonyl (C=O) groups is 2. The van der Waals surface area contributed by atoms with Gasteiger partial charge >= 0.3 is 6.09 Å². The van der Waals surface area contributed by atoms with Crippen molar-refractivity contribution in [3.63, 3.8) is 0 Å². The van der Waals surface area contributed by atoms with E-state index in [0.29, 0.717) is 24.5 Å². The van der Waals surface area contributed by atoms with Gasteiger partial charge in [-0.25, -0.2) is 4.79 Å². The zero-order valence-electron chi connectivity index (χ0n) is 24.5. The lowest BCUT2D eigenvalue weighted by atomic mass is 9.63. The van der Waals surface area contributed by atoms with E-state index in [1.165, 1.54) is 37.7 Å². The largest absolute Gasteiger partial charge is 0.447 e. The van der Waals surface area contributed by atoms with E-state index in [1.807, 2.05) is 17.0 Å². The number of amides is 2. The number of hydrogen-bond donors (Lipinski definition) is 0. The van der Waals surface area contributed by atoms with Crippen molar-refractivity contribution in [2.75, 3.05) is 39.3 Å². The minimum atomic E-state index is -0.276. The average Bonchev–Trinajstić information content (AvgIpc) is 3.20. The fraction of sp³-hybridized carbons (Fsp3) is 0.750. The summed E-state index contributed by atoms with van der Waals surface area (Å²) in [6.45, 7) is 13.4. The molecule has 0 N–H and O–H groups in total. The summed E-state index contributed by atoms with van der Waals surface area (Å²) < 4.78 is 5.49. The van der Waals surface area contributed by atoms with Crippen LogP contribution >= 0.6 is 11.6 Å². The fourth-order valence-corrected chi connectivity index (χ4v) is 7.97. The van der Waals surface area contributed by atoms with Gasteiger partial charge in [0.1, 0.15) is 6.61 Å². The number of ether oxygens (including phenoxy) is 1. The number of hydrogen-bond acceptors (Lipinski definition) is 4. The van der Waals surface area contributed by atoms with Crippen molar-refractivity contribution >= 4 is 23.6 Å². The van der Waals surface area contributed by atoms with E-state index < -0.39 is 0 Å². The third-order valence-corrected chi connectivity index (χ3v) is 10.8. The Labute approximate surface area is 240 Å². The van der Waals surface area contributed by atoms with Gasteiger partial charge in [0.2, 0.25) is 5.91 Å². The van der Waals surface area contributed by atoms with Crippen LogP contribution in [0.15, 0.2) is 24.3 Å². The number of halogens is 1. The second kappa shape index (κ2) is 11.6. The summed E-state index contributed by atoms with van der Waals surface area (Å²) in [5, 5.41) is 0.735. The van der Waals surface area contributed by atoms with Crippen molar-refractivity contribution in [3.05, 3.63) is 34.9 Å². The average molecular weight is 558 g/mol. The van der Waals surface area contributed by atoms with E-state index >= 15 is 0 Å². The molecule has 0 aromatic heterocycles. The zero-order valence-corrected chi connectivity index (χ0v) is 25.2. The SMILES string of the molecule is CC(C)N1CC[C@@H](C(=O)N2CCC(CN3C(=O)OCC3(C)C)(C3CCCCC3)CC2)[C@H](c2ccc(Cl)cc2)C1. The molecule has 2 atom stereocenters. The van der Waals surface area contributed by atoms with Crippen molar-refractivity contribution in [1.29, 1.82) is 0 Å². The maximum atomic E-state index is 14.2. The molecule has 4 aliphatic rings. The third kappa shape index (κ3) is 5.98. The van der Waals surface area contributed by atoms with Crippen molar-refractivity contribution in [3.8, 4) is 0 Å². The second-order valence-electron chi connectivity index (χ2n) is 13.6. The van der Waals surface area contributed by atoms with Crippen molar-refractivity contribution in [2.45, 2.75) is 96.6 Å². The van der Waals surface area contributed by atoms with Crippen LogP contribution in [0.1, 0.15) is 90.5 Å². The summed E-state index contributed by atoms with van der Waals surface area (Å²) in [5.74, 6) is 1.10. The van der Waals surface area contributed by atoms with Crippen LogP contribution in [0.2, 0.25) is 5.02 Å². The highest BCUT2D eigenvalue weighted by Gasteiger charge is 2.50. The molecule has 1 aromatic carbocycles. The number of carbonyl (C=O) groups excluding carboxylic acids is 2. The summed E-state index contributed by atoms with van der Waals surface area (Å²) >= 11 is 6.21. The van der Waals surface area contributed by atoms with Crippen LogP contribution in [0.25, 0.3) is 0 Å². The first kappa shape index (κ1) is 28.7.